The average Bonchev–Trinajstić information content (AvgIpc) is 2.47. The highest BCUT2D eigenvalue weighted by atomic mass is 16.3. The number of furan rings is 1. The second kappa shape index (κ2) is 4.88. The number of hydrogen-bond donors (Lipinski definition) is 1. The number of terminal acetylenes is 1. The average molecular weight is 191 g/mol. The van der Waals surface area contributed by atoms with E-state index in [0.717, 1.165) is 24.4 Å². The molecule has 0 aliphatic heterocycles. The van der Waals surface area contributed by atoms with E-state index < -0.39 is 0 Å². The highest BCUT2D eigenvalue weighted by molar-refractivity contribution is 5.24. The molecule has 76 valence electrons. The number of nitrogens with one attached hydrogen (secondary N) is 1. The largest absolute Gasteiger partial charge is 0.466 e. The molecular weight excluding hydrogens is 174 g/mol. The summed E-state index contributed by atoms with van der Waals surface area (Å²) in [5.41, 5.74) is 1.22. The number of aryl methyl sites for hydroxylation is 2. The molecule has 0 fully saturated rings. The molecule has 1 aromatic rings. The molecule has 0 radical (unpaired) electrons. The third-order valence-corrected chi connectivity index (χ3v) is 2.38. The summed E-state index contributed by atoms with van der Waals surface area (Å²) >= 11 is 0. The Bertz CT molecular complexity index is 333. The van der Waals surface area contributed by atoms with E-state index in [4.69, 9.17) is 10.8 Å². The van der Waals surface area contributed by atoms with Gasteiger partial charge < -0.3 is 9.73 Å². The molecule has 1 heterocycles. The summed E-state index contributed by atoms with van der Waals surface area (Å²) in [5, 5.41) is 3.25. The van der Waals surface area contributed by atoms with Crippen LogP contribution in [0.3, 0.4) is 0 Å². The molecule has 0 spiro atoms. The van der Waals surface area contributed by atoms with Gasteiger partial charge in [-0.1, -0.05) is 0 Å². The molecule has 1 atom stereocenters. The first-order chi connectivity index (χ1) is 6.69. The van der Waals surface area contributed by atoms with Crippen LogP contribution in [-0.4, -0.2) is 7.05 Å². The molecule has 1 aromatic heterocycles. The van der Waals surface area contributed by atoms with Gasteiger partial charge in [-0.3, -0.25) is 0 Å². The van der Waals surface area contributed by atoms with Crippen LogP contribution < -0.4 is 5.32 Å². The van der Waals surface area contributed by atoms with Crippen LogP contribution in [0.4, 0.5) is 0 Å². The Balaban J connectivity index is 2.79. The van der Waals surface area contributed by atoms with E-state index in [0.29, 0.717) is 6.04 Å². The Morgan fingerprint density at radius 3 is 2.71 bits per heavy atom. The summed E-state index contributed by atoms with van der Waals surface area (Å²) in [6.07, 6.45) is 6.99. The molecule has 1 rings (SSSR count). The van der Waals surface area contributed by atoms with Gasteiger partial charge in [-0.25, -0.2) is 0 Å². The molecule has 0 aromatic carbocycles. The van der Waals surface area contributed by atoms with Crippen molar-refractivity contribution in [2.75, 3.05) is 7.05 Å². The number of rotatable bonds is 4. The topological polar surface area (TPSA) is 25.2 Å². The van der Waals surface area contributed by atoms with Crippen LogP contribution in [0.15, 0.2) is 10.5 Å². The molecule has 1 unspecified atom stereocenters. The monoisotopic (exact) mass is 191 g/mol. The Hall–Kier alpha value is -1.20. The van der Waals surface area contributed by atoms with Crippen LogP contribution in [0, 0.1) is 26.2 Å². The lowest BCUT2D eigenvalue weighted by molar-refractivity contribution is 0.485. The minimum absolute atomic E-state index is 0.309. The Morgan fingerprint density at radius 1 is 1.57 bits per heavy atom. The fourth-order valence-electron chi connectivity index (χ4n) is 1.68. The molecule has 1 N–H and O–H groups in total. The maximum Gasteiger partial charge on any atom is 0.105 e. The van der Waals surface area contributed by atoms with E-state index in [1.807, 2.05) is 20.9 Å². The first-order valence-electron chi connectivity index (χ1n) is 4.86. The van der Waals surface area contributed by atoms with E-state index in [1.165, 1.54) is 5.56 Å². The first kappa shape index (κ1) is 10.9. The van der Waals surface area contributed by atoms with Gasteiger partial charge in [0, 0.05) is 18.0 Å². The summed E-state index contributed by atoms with van der Waals surface area (Å²) < 4.78 is 5.49. The fourth-order valence-corrected chi connectivity index (χ4v) is 1.68. The molecular formula is C12H17NO. The third-order valence-electron chi connectivity index (χ3n) is 2.38. The van der Waals surface area contributed by atoms with Crippen molar-refractivity contribution < 1.29 is 4.42 Å². The van der Waals surface area contributed by atoms with Gasteiger partial charge in [0.25, 0.3) is 0 Å². The summed E-state index contributed by atoms with van der Waals surface area (Å²) in [7, 11) is 1.95. The summed E-state index contributed by atoms with van der Waals surface area (Å²) in [4.78, 5) is 0. The normalized spacial score (nSPS) is 12.4. The van der Waals surface area contributed by atoms with Gasteiger partial charge >= 0.3 is 0 Å². The molecule has 0 saturated carbocycles. The molecule has 0 aliphatic carbocycles. The van der Waals surface area contributed by atoms with Gasteiger partial charge in [0.05, 0.1) is 0 Å². The zero-order chi connectivity index (χ0) is 10.6. The van der Waals surface area contributed by atoms with Crippen LogP contribution in [0.2, 0.25) is 0 Å². The third kappa shape index (κ3) is 2.40. The Kier molecular flexibility index (Phi) is 3.79. The zero-order valence-corrected chi connectivity index (χ0v) is 9.05. The minimum Gasteiger partial charge on any atom is -0.466 e. The second-order valence-electron chi connectivity index (χ2n) is 3.45. The van der Waals surface area contributed by atoms with Crippen LogP contribution in [0.25, 0.3) is 0 Å². The Morgan fingerprint density at radius 2 is 2.29 bits per heavy atom. The quantitative estimate of drug-likeness (QED) is 0.740. The maximum atomic E-state index is 5.49. The summed E-state index contributed by atoms with van der Waals surface area (Å²) in [6, 6.07) is 2.39. The molecule has 0 saturated heterocycles. The lowest BCUT2D eigenvalue weighted by Crippen LogP contribution is -2.16. The van der Waals surface area contributed by atoms with Crippen molar-refractivity contribution in [3.05, 3.63) is 23.2 Å². The van der Waals surface area contributed by atoms with Crippen molar-refractivity contribution in [1.82, 2.24) is 5.32 Å². The van der Waals surface area contributed by atoms with E-state index in [1.54, 1.807) is 0 Å². The van der Waals surface area contributed by atoms with Gasteiger partial charge in [-0.15, -0.1) is 12.3 Å². The molecule has 2 nitrogen and oxygen atoms in total. The first-order valence-corrected chi connectivity index (χ1v) is 4.86. The molecule has 0 bridgehead atoms. The SMILES string of the molecule is C#CCCC(NC)c1cc(C)oc1C. The van der Waals surface area contributed by atoms with Gasteiger partial charge in [-0.2, -0.15) is 0 Å². The van der Waals surface area contributed by atoms with Crippen LogP contribution in [-0.2, 0) is 0 Å². The predicted octanol–water partition coefficient (Wildman–Crippen LogP) is 2.57. The van der Waals surface area contributed by atoms with Gasteiger partial charge in [0.1, 0.15) is 11.5 Å². The van der Waals surface area contributed by atoms with E-state index in [2.05, 4.69) is 17.3 Å². The van der Waals surface area contributed by atoms with Crippen molar-refractivity contribution in [2.45, 2.75) is 32.7 Å². The van der Waals surface area contributed by atoms with Crippen molar-refractivity contribution in [3.63, 3.8) is 0 Å². The molecule has 14 heavy (non-hydrogen) atoms. The minimum atomic E-state index is 0.309. The second-order valence-corrected chi connectivity index (χ2v) is 3.45. The fraction of sp³-hybridized carbons (Fsp3) is 0.500. The lowest BCUT2D eigenvalue weighted by Gasteiger charge is -2.13. The maximum absolute atomic E-state index is 5.49. The van der Waals surface area contributed by atoms with Crippen molar-refractivity contribution >= 4 is 0 Å². The van der Waals surface area contributed by atoms with E-state index in [9.17, 15) is 0 Å². The van der Waals surface area contributed by atoms with Gasteiger partial charge in [-0.05, 0) is 33.4 Å². The van der Waals surface area contributed by atoms with Crippen LogP contribution in [0.5, 0.6) is 0 Å². The predicted molar refractivity (Wildman–Crippen MR) is 58.0 cm³/mol. The molecule has 0 amide bonds. The smallest absolute Gasteiger partial charge is 0.105 e. The van der Waals surface area contributed by atoms with Crippen LogP contribution in [0.1, 0.15) is 36.0 Å². The Labute approximate surface area is 85.7 Å². The summed E-state index contributed by atoms with van der Waals surface area (Å²) in [6.45, 7) is 3.95. The highest BCUT2D eigenvalue weighted by Crippen LogP contribution is 2.24. The zero-order valence-electron chi connectivity index (χ0n) is 9.05. The van der Waals surface area contributed by atoms with Crippen molar-refractivity contribution in [1.29, 1.82) is 0 Å². The van der Waals surface area contributed by atoms with Crippen molar-refractivity contribution in [2.24, 2.45) is 0 Å². The molecule has 2 heteroatoms. The van der Waals surface area contributed by atoms with E-state index >= 15 is 0 Å². The number of hydrogen-bond acceptors (Lipinski definition) is 2. The molecule has 0 aliphatic rings. The van der Waals surface area contributed by atoms with Gasteiger partial charge in [0.15, 0.2) is 0 Å². The summed E-state index contributed by atoms with van der Waals surface area (Å²) in [5.74, 6) is 4.60. The van der Waals surface area contributed by atoms with Gasteiger partial charge in [0.2, 0.25) is 0 Å². The van der Waals surface area contributed by atoms with Crippen molar-refractivity contribution in [3.8, 4) is 12.3 Å². The highest BCUT2D eigenvalue weighted by Gasteiger charge is 2.14. The standard InChI is InChI=1S/C12H17NO/c1-5-6-7-12(13-4)11-8-9(2)14-10(11)3/h1,8,12-13H,6-7H2,2-4H3. The van der Waals surface area contributed by atoms with Crippen LogP contribution >= 0.6 is 0 Å². The van der Waals surface area contributed by atoms with E-state index in [-0.39, 0.29) is 0 Å². The lowest BCUT2D eigenvalue weighted by atomic mass is 10.0.